The first kappa shape index (κ1) is 20.1. The minimum Gasteiger partial charge on any atom is -0.390 e. The number of rotatable bonds is 5. The lowest BCUT2D eigenvalue weighted by Crippen LogP contribution is -2.52. The number of fused-ring (bicyclic) bond motifs is 3. The largest absolute Gasteiger partial charge is 0.390 e. The van der Waals surface area contributed by atoms with Crippen molar-refractivity contribution in [3.8, 4) is 6.07 Å². The summed E-state index contributed by atoms with van der Waals surface area (Å²) >= 11 is 0. The topological polar surface area (TPSA) is 84.6 Å². The number of aliphatic hydroxyl groups is 1. The van der Waals surface area contributed by atoms with Crippen molar-refractivity contribution in [2.75, 3.05) is 24.7 Å². The van der Waals surface area contributed by atoms with Crippen LogP contribution >= 0.6 is 0 Å². The van der Waals surface area contributed by atoms with Crippen molar-refractivity contribution in [3.63, 3.8) is 0 Å². The second-order valence-corrected chi connectivity index (χ2v) is 10.9. The number of nitriles is 1. The molecular formula is C22H27N3O3S. The Labute approximate surface area is 172 Å². The highest BCUT2D eigenvalue weighted by atomic mass is 32.2. The summed E-state index contributed by atoms with van der Waals surface area (Å²) in [5.74, 6) is -0.0320. The lowest BCUT2D eigenvalue weighted by atomic mass is 9.83. The van der Waals surface area contributed by atoms with Gasteiger partial charge in [-0.3, -0.25) is 0 Å². The van der Waals surface area contributed by atoms with Crippen LogP contribution in [0.1, 0.15) is 37.7 Å². The van der Waals surface area contributed by atoms with E-state index in [-0.39, 0.29) is 24.3 Å². The summed E-state index contributed by atoms with van der Waals surface area (Å²) < 4.78 is 25.6. The molecule has 0 radical (unpaired) electrons. The number of piperidine rings is 1. The zero-order valence-electron chi connectivity index (χ0n) is 16.9. The molecule has 0 saturated carbocycles. The summed E-state index contributed by atoms with van der Waals surface area (Å²) in [6.07, 6.45) is 3.38. The van der Waals surface area contributed by atoms with Crippen molar-refractivity contribution in [2.45, 2.75) is 49.8 Å². The number of hydrogen-bond acceptors (Lipinski definition) is 5. The van der Waals surface area contributed by atoms with E-state index in [0.29, 0.717) is 18.4 Å². The maximum Gasteiger partial charge on any atom is 0.213 e. The van der Waals surface area contributed by atoms with Crippen LogP contribution in [-0.2, 0) is 10.0 Å². The van der Waals surface area contributed by atoms with E-state index in [2.05, 4.69) is 17.0 Å². The van der Waals surface area contributed by atoms with Crippen LogP contribution in [0.25, 0.3) is 10.8 Å². The number of benzene rings is 2. The first-order chi connectivity index (χ1) is 13.7. The molecule has 2 fully saturated rings. The van der Waals surface area contributed by atoms with Crippen LogP contribution in [0.2, 0.25) is 0 Å². The molecule has 7 heteroatoms. The van der Waals surface area contributed by atoms with Gasteiger partial charge in [-0.15, -0.1) is 0 Å². The van der Waals surface area contributed by atoms with Gasteiger partial charge in [-0.05, 0) is 44.2 Å². The Morgan fingerprint density at radius 2 is 1.76 bits per heavy atom. The second kappa shape index (κ2) is 7.28. The summed E-state index contributed by atoms with van der Waals surface area (Å²) in [5, 5.41) is 22.6. The highest BCUT2D eigenvalue weighted by Gasteiger charge is 2.48. The molecule has 2 aromatic rings. The van der Waals surface area contributed by atoms with Gasteiger partial charge in [0.25, 0.3) is 0 Å². The van der Waals surface area contributed by atoms with Crippen molar-refractivity contribution >= 4 is 26.5 Å². The molecule has 0 aromatic heterocycles. The smallest absolute Gasteiger partial charge is 0.213 e. The van der Waals surface area contributed by atoms with Crippen LogP contribution in [0.15, 0.2) is 36.4 Å². The molecule has 154 valence electrons. The molecular weight excluding hydrogens is 386 g/mol. The molecule has 6 nitrogen and oxygen atoms in total. The van der Waals surface area contributed by atoms with E-state index >= 15 is 0 Å². The third kappa shape index (κ3) is 3.61. The molecule has 2 heterocycles. The van der Waals surface area contributed by atoms with Gasteiger partial charge in [0.1, 0.15) is 0 Å². The molecule has 2 aromatic carbocycles. The van der Waals surface area contributed by atoms with Crippen molar-refractivity contribution < 1.29 is 13.5 Å². The SMILES string of the molecule is CN(C)S(=O)(=O)CC[C@]1(O)C[C@H]2CC[C@@H](C1)N2c1ccc(C#N)c2ccccc12. The summed E-state index contributed by atoms with van der Waals surface area (Å²) in [4.78, 5) is 2.40. The molecule has 0 unspecified atom stereocenters. The molecule has 1 N–H and O–H groups in total. The molecule has 2 bridgehead atoms. The van der Waals surface area contributed by atoms with E-state index in [0.717, 1.165) is 29.3 Å². The van der Waals surface area contributed by atoms with Gasteiger partial charge in [-0.25, -0.2) is 12.7 Å². The molecule has 0 spiro atoms. The Hall–Kier alpha value is -2.14. The Bertz CT molecular complexity index is 1060. The summed E-state index contributed by atoms with van der Waals surface area (Å²) in [7, 11) is -0.264. The average molecular weight is 414 g/mol. The van der Waals surface area contributed by atoms with E-state index < -0.39 is 15.6 Å². The van der Waals surface area contributed by atoms with E-state index in [9.17, 15) is 18.8 Å². The Balaban J connectivity index is 1.61. The Kier molecular flexibility index (Phi) is 5.06. The average Bonchev–Trinajstić information content (AvgIpc) is 2.97. The monoisotopic (exact) mass is 413 g/mol. The molecule has 4 rings (SSSR count). The molecule has 3 atom stereocenters. The fourth-order valence-electron chi connectivity index (χ4n) is 5.03. The van der Waals surface area contributed by atoms with Crippen molar-refractivity contribution in [2.24, 2.45) is 0 Å². The highest BCUT2D eigenvalue weighted by molar-refractivity contribution is 7.89. The summed E-state index contributed by atoms with van der Waals surface area (Å²) in [6.45, 7) is 0. The third-order valence-corrected chi connectivity index (χ3v) is 8.37. The van der Waals surface area contributed by atoms with Crippen molar-refractivity contribution in [3.05, 3.63) is 42.0 Å². The van der Waals surface area contributed by atoms with Crippen LogP contribution < -0.4 is 4.90 Å². The van der Waals surface area contributed by atoms with E-state index in [1.54, 1.807) is 0 Å². The van der Waals surface area contributed by atoms with Gasteiger partial charge in [0.2, 0.25) is 10.0 Å². The Morgan fingerprint density at radius 3 is 2.34 bits per heavy atom. The van der Waals surface area contributed by atoms with Crippen LogP contribution in [-0.4, -0.2) is 55.4 Å². The predicted octanol–water partition coefficient (Wildman–Crippen LogP) is 2.86. The van der Waals surface area contributed by atoms with Crippen LogP contribution in [0.5, 0.6) is 0 Å². The fraction of sp³-hybridized carbons (Fsp3) is 0.500. The molecule has 2 aliphatic rings. The standard InChI is InChI=1S/C22H27N3O3S/c1-24(2)29(27,28)12-11-22(26)13-17-8-9-18(14-22)25(17)21-10-7-16(15-23)19-5-3-4-6-20(19)21/h3-7,10,17-18,26H,8-9,11-14H2,1-2H3/t17-,18+,22+. The zero-order valence-corrected chi connectivity index (χ0v) is 17.7. The lowest BCUT2D eigenvalue weighted by Gasteiger charge is -2.45. The van der Waals surface area contributed by atoms with Crippen LogP contribution in [0.3, 0.4) is 0 Å². The predicted molar refractivity (Wildman–Crippen MR) is 114 cm³/mol. The van der Waals surface area contributed by atoms with Gasteiger partial charge in [0, 0.05) is 42.6 Å². The lowest BCUT2D eigenvalue weighted by molar-refractivity contribution is -0.00104. The third-order valence-electron chi connectivity index (χ3n) is 6.53. The maximum absolute atomic E-state index is 12.2. The van der Waals surface area contributed by atoms with Gasteiger partial charge in [0.15, 0.2) is 0 Å². The van der Waals surface area contributed by atoms with Crippen LogP contribution in [0, 0.1) is 11.3 Å². The van der Waals surface area contributed by atoms with Crippen LogP contribution in [0.4, 0.5) is 5.69 Å². The van der Waals surface area contributed by atoms with E-state index in [1.807, 2.05) is 30.3 Å². The fourth-order valence-corrected chi connectivity index (χ4v) is 6.03. The van der Waals surface area contributed by atoms with Gasteiger partial charge < -0.3 is 10.0 Å². The first-order valence-corrected chi connectivity index (χ1v) is 11.7. The van der Waals surface area contributed by atoms with Crippen molar-refractivity contribution in [1.82, 2.24) is 4.31 Å². The van der Waals surface area contributed by atoms with Gasteiger partial charge in [-0.1, -0.05) is 24.3 Å². The molecule has 0 amide bonds. The summed E-state index contributed by atoms with van der Waals surface area (Å²) in [5.41, 5.74) is 0.822. The van der Waals surface area contributed by atoms with E-state index in [1.165, 1.54) is 18.4 Å². The number of anilines is 1. The highest BCUT2D eigenvalue weighted by Crippen LogP contribution is 2.46. The Morgan fingerprint density at radius 1 is 1.14 bits per heavy atom. The molecule has 2 aliphatic heterocycles. The second-order valence-electron chi connectivity index (χ2n) is 8.56. The van der Waals surface area contributed by atoms with E-state index in [4.69, 9.17) is 0 Å². The molecule has 2 saturated heterocycles. The first-order valence-electron chi connectivity index (χ1n) is 10.1. The van der Waals surface area contributed by atoms with Crippen molar-refractivity contribution in [1.29, 1.82) is 5.26 Å². The van der Waals surface area contributed by atoms with Gasteiger partial charge in [-0.2, -0.15) is 5.26 Å². The summed E-state index contributed by atoms with van der Waals surface area (Å²) in [6, 6.07) is 14.5. The zero-order chi connectivity index (χ0) is 20.8. The molecule has 29 heavy (non-hydrogen) atoms. The number of nitrogens with zero attached hydrogens (tertiary/aromatic N) is 3. The minimum absolute atomic E-state index is 0.0320. The number of sulfonamides is 1. The number of hydrogen-bond donors (Lipinski definition) is 1. The van der Waals surface area contributed by atoms with Gasteiger partial charge >= 0.3 is 0 Å². The van der Waals surface area contributed by atoms with Gasteiger partial charge in [0.05, 0.1) is 23.0 Å². The molecule has 0 aliphatic carbocycles. The minimum atomic E-state index is -3.32. The quantitative estimate of drug-likeness (QED) is 0.815. The maximum atomic E-state index is 12.2. The normalized spacial score (nSPS) is 26.8.